The van der Waals surface area contributed by atoms with Crippen LogP contribution < -0.4 is 9.62 Å². The van der Waals surface area contributed by atoms with Crippen molar-refractivity contribution in [3.05, 3.63) is 129 Å². The second kappa shape index (κ2) is 15.5. The second-order valence-corrected chi connectivity index (χ2v) is 14.9. The van der Waals surface area contributed by atoms with Gasteiger partial charge >= 0.3 is 0 Å². The zero-order valence-corrected chi connectivity index (χ0v) is 28.9. The number of hydrogen-bond acceptors (Lipinski definition) is 4. The van der Waals surface area contributed by atoms with Gasteiger partial charge in [-0.15, -0.1) is 0 Å². The Balaban J connectivity index is 1.57. The van der Waals surface area contributed by atoms with Gasteiger partial charge < -0.3 is 10.2 Å². The highest BCUT2D eigenvalue weighted by molar-refractivity contribution is 9.10. The lowest BCUT2D eigenvalue weighted by atomic mass is 10.0. The summed E-state index contributed by atoms with van der Waals surface area (Å²) in [6.07, 6.45) is 4.07. The zero-order valence-electron chi connectivity index (χ0n) is 25.0. The number of carbonyl (C=O) groups excluding carboxylic acids is 2. The number of carbonyl (C=O) groups is 2. The third-order valence-electron chi connectivity index (χ3n) is 8.02. The fourth-order valence-corrected chi connectivity index (χ4v) is 7.81. The topological polar surface area (TPSA) is 86.8 Å². The number of anilines is 1. The van der Waals surface area contributed by atoms with Crippen molar-refractivity contribution in [3.63, 3.8) is 0 Å². The number of hydrogen-bond donors (Lipinski definition) is 1. The van der Waals surface area contributed by atoms with Crippen molar-refractivity contribution < 1.29 is 18.0 Å². The Bertz CT molecular complexity index is 1770. The van der Waals surface area contributed by atoms with Gasteiger partial charge in [-0.1, -0.05) is 113 Å². The predicted octanol–water partition coefficient (Wildman–Crippen LogP) is 7.65. The Labute approximate surface area is 288 Å². The summed E-state index contributed by atoms with van der Waals surface area (Å²) in [5.41, 5.74) is 1.82. The molecule has 240 valence electrons. The smallest absolute Gasteiger partial charge is 0.264 e. The third kappa shape index (κ3) is 8.50. The SMILES string of the molecule is O=C(NC1CCCC1)[C@@H](Cc1ccccc1)N(Cc1cccc(Br)c1)C(=O)CN(c1ccc(Cl)c(Cl)c1)S(=O)(=O)c1ccccc1. The molecule has 4 aromatic carbocycles. The van der Waals surface area contributed by atoms with Crippen LogP contribution in [0.25, 0.3) is 0 Å². The Morgan fingerprint density at radius 3 is 2.13 bits per heavy atom. The summed E-state index contributed by atoms with van der Waals surface area (Å²) < 4.78 is 30.1. The van der Waals surface area contributed by atoms with Crippen LogP contribution in [0.15, 0.2) is 112 Å². The van der Waals surface area contributed by atoms with Crippen molar-refractivity contribution in [3.8, 4) is 0 Å². The largest absolute Gasteiger partial charge is 0.352 e. The first-order valence-corrected chi connectivity index (χ1v) is 18.0. The molecule has 0 spiro atoms. The molecule has 46 heavy (non-hydrogen) atoms. The molecule has 0 radical (unpaired) electrons. The predicted molar refractivity (Wildman–Crippen MR) is 186 cm³/mol. The van der Waals surface area contributed by atoms with Gasteiger partial charge in [0.2, 0.25) is 11.8 Å². The van der Waals surface area contributed by atoms with Crippen LogP contribution in [0.4, 0.5) is 5.69 Å². The van der Waals surface area contributed by atoms with E-state index in [9.17, 15) is 18.0 Å². The number of nitrogens with zero attached hydrogens (tertiary/aromatic N) is 2. The van der Waals surface area contributed by atoms with Gasteiger partial charge in [-0.3, -0.25) is 13.9 Å². The second-order valence-electron chi connectivity index (χ2n) is 11.3. The average molecular weight is 744 g/mol. The maximum absolute atomic E-state index is 14.6. The van der Waals surface area contributed by atoms with E-state index in [1.807, 2.05) is 54.6 Å². The van der Waals surface area contributed by atoms with Gasteiger partial charge in [0.25, 0.3) is 10.0 Å². The molecule has 5 rings (SSSR count). The van der Waals surface area contributed by atoms with Crippen LogP contribution in [0, 0.1) is 0 Å². The number of halogens is 3. The van der Waals surface area contributed by atoms with Crippen molar-refractivity contribution in [1.82, 2.24) is 10.2 Å². The van der Waals surface area contributed by atoms with E-state index in [1.54, 1.807) is 18.2 Å². The van der Waals surface area contributed by atoms with E-state index < -0.39 is 28.5 Å². The van der Waals surface area contributed by atoms with Crippen molar-refractivity contribution in [2.75, 3.05) is 10.8 Å². The van der Waals surface area contributed by atoms with E-state index in [0.717, 1.165) is 45.6 Å². The van der Waals surface area contributed by atoms with Crippen LogP contribution in [0.5, 0.6) is 0 Å². The van der Waals surface area contributed by atoms with Crippen LogP contribution in [0.3, 0.4) is 0 Å². The summed E-state index contributed by atoms with van der Waals surface area (Å²) in [5.74, 6) is -0.820. The first-order chi connectivity index (χ1) is 22.1. The van der Waals surface area contributed by atoms with E-state index in [4.69, 9.17) is 23.2 Å². The molecule has 0 bridgehead atoms. The quantitative estimate of drug-likeness (QED) is 0.162. The van der Waals surface area contributed by atoms with Gasteiger partial charge in [-0.2, -0.15) is 0 Å². The van der Waals surface area contributed by atoms with Crippen molar-refractivity contribution >= 4 is 66.7 Å². The molecule has 0 aliphatic heterocycles. The van der Waals surface area contributed by atoms with Gasteiger partial charge in [0.1, 0.15) is 12.6 Å². The molecule has 0 unspecified atom stereocenters. The number of sulfonamides is 1. The summed E-state index contributed by atoms with van der Waals surface area (Å²) in [6, 6.07) is 28.4. The maximum Gasteiger partial charge on any atom is 0.264 e. The Morgan fingerprint density at radius 2 is 1.48 bits per heavy atom. The fourth-order valence-electron chi connectivity index (χ4n) is 5.64. The number of amides is 2. The number of nitrogens with one attached hydrogen (secondary N) is 1. The molecule has 1 aliphatic carbocycles. The first kappa shape index (κ1) is 34.0. The Morgan fingerprint density at radius 1 is 0.826 bits per heavy atom. The van der Waals surface area contributed by atoms with Gasteiger partial charge in [-0.05, 0) is 66.4 Å². The average Bonchev–Trinajstić information content (AvgIpc) is 3.56. The zero-order chi connectivity index (χ0) is 32.7. The highest BCUT2D eigenvalue weighted by Gasteiger charge is 2.35. The van der Waals surface area contributed by atoms with E-state index in [1.165, 1.54) is 35.2 Å². The molecule has 0 aromatic heterocycles. The van der Waals surface area contributed by atoms with Crippen LogP contribution in [0.1, 0.15) is 36.8 Å². The molecule has 4 aromatic rings. The van der Waals surface area contributed by atoms with E-state index in [-0.39, 0.29) is 45.5 Å². The summed E-state index contributed by atoms with van der Waals surface area (Å²) in [7, 11) is -4.24. The lowest BCUT2D eigenvalue weighted by Crippen LogP contribution is -2.54. The summed E-state index contributed by atoms with van der Waals surface area (Å²) >= 11 is 16.0. The van der Waals surface area contributed by atoms with Crippen LogP contribution in [-0.2, 0) is 32.6 Å². The molecule has 1 saturated carbocycles. The molecular weight excluding hydrogens is 709 g/mol. The van der Waals surface area contributed by atoms with Gasteiger partial charge in [0.15, 0.2) is 0 Å². The highest BCUT2D eigenvalue weighted by atomic mass is 79.9. The van der Waals surface area contributed by atoms with Crippen molar-refractivity contribution in [2.45, 2.75) is 55.6 Å². The summed E-state index contributed by atoms with van der Waals surface area (Å²) in [6.45, 7) is -0.500. The monoisotopic (exact) mass is 741 g/mol. The van der Waals surface area contributed by atoms with E-state index >= 15 is 0 Å². The lowest BCUT2D eigenvalue weighted by Gasteiger charge is -2.34. The normalized spacial score (nSPS) is 14.1. The van der Waals surface area contributed by atoms with Crippen molar-refractivity contribution in [2.24, 2.45) is 0 Å². The minimum atomic E-state index is -4.24. The Hall–Kier alpha value is -3.37. The van der Waals surface area contributed by atoms with Crippen LogP contribution in [-0.4, -0.2) is 43.8 Å². The molecule has 1 N–H and O–H groups in total. The molecule has 1 atom stereocenters. The first-order valence-electron chi connectivity index (χ1n) is 15.0. The fraction of sp³-hybridized carbons (Fsp3) is 0.257. The highest BCUT2D eigenvalue weighted by Crippen LogP contribution is 2.31. The van der Waals surface area contributed by atoms with Gasteiger partial charge in [-0.25, -0.2) is 8.42 Å². The summed E-state index contributed by atoms with van der Waals surface area (Å²) in [4.78, 5) is 30.2. The number of benzene rings is 4. The van der Waals surface area contributed by atoms with Crippen LogP contribution in [0.2, 0.25) is 10.0 Å². The molecule has 1 aliphatic rings. The molecule has 1 fully saturated rings. The van der Waals surface area contributed by atoms with E-state index in [0.29, 0.717) is 0 Å². The number of rotatable bonds is 12. The minimum absolute atomic E-state index is 0.00669. The lowest BCUT2D eigenvalue weighted by molar-refractivity contribution is -0.140. The molecule has 0 saturated heterocycles. The van der Waals surface area contributed by atoms with E-state index in [2.05, 4.69) is 21.2 Å². The molecule has 11 heteroatoms. The molecule has 7 nitrogen and oxygen atoms in total. The van der Waals surface area contributed by atoms with Gasteiger partial charge in [0, 0.05) is 23.5 Å². The standard InChI is InChI=1S/C35H34BrCl2N3O4S/c36-27-13-9-12-26(20-27)23-40(33(21-25-10-3-1-4-11-25)35(43)39-28-14-7-8-15-28)34(42)24-41(29-18-19-31(37)32(38)22-29)46(44,45)30-16-5-2-6-17-30/h1-6,9-13,16-20,22,28,33H,7-8,14-15,21,23-24H2,(H,39,43)/t33-/m1/s1. The third-order valence-corrected chi connectivity index (χ3v) is 11.0. The minimum Gasteiger partial charge on any atom is -0.352 e. The van der Waals surface area contributed by atoms with Gasteiger partial charge in [0.05, 0.1) is 20.6 Å². The summed E-state index contributed by atoms with van der Waals surface area (Å²) in [5, 5.41) is 3.57. The molecule has 2 amide bonds. The molecule has 0 heterocycles. The maximum atomic E-state index is 14.6. The Kier molecular flexibility index (Phi) is 11.4. The van der Waals surface area contributed by atoms with Crippen molar-refractivity contribution in [1.29, 1.82) is 0 Å². The molecular formula is C35H34BrCl2N3O4S. The van der Waals surface area contributed by atoms with Crippen LogP contribution >= 0.6 is 39.1 Å².